The third-order valence-electron chi connectivity index (χ3n) is 2.49. The van der Waals surface area contributed by atoms with Crippen LogP contribution in [0.15, 0.2) is 33.5 Å². The van der Waals surface area contributed by atoms with E-state index in [4.69, 9.17) is 14.2 Å². The van der Waals surface area contributed by atoms with Crippen LogP contribution in [0.3, 0.4) is 0 Å². The second kappa shape index (κ2) is 4.57. The van der Waals surface area contributed by atoms with E-state index in [0.29, 0.717) is 10.9 Å². The Labute approximate surface area is 102 Å². The lowest BCUT2D eigenvalue weighted by Gasteiger charge is -2.07. The summed E-state index contributed by atoms with van der Waals surface area (Å²) in [7, 11) is -4.10. The van der Waals surface area contributed by atoms with Gasteiger partial charge in [-0.15, -0.1) is 0 Å². The molecule has 6 nitrogen and oxygen atoms in total. The van der Waals surface area contributed by atoms with Crippen LogP contribution in [0.2, 0.25) is 0 Å². The minimum atomic E-state index is -4.10. The number of aryl methyl sites for hydroxylation is 1. The maximum atomic E-state index is 11.0. The molecule has 0 saturated heterocycles. The van der Waals surface area contributed by atoms with Gasteiger partial charge in [-0.1, -0.05) is 0 Å². The molecular weight excluding hydrogens is 259 g/mol. The third-order valence-corrected chi connectivity index (χ3v) is 3.30. The summed E-state index contributed by atoms with van der Waals surface area (Å²) >= 11 is 0. The number of fused-ring (bicyclic) bond motifs is 1. The van der Waals surface area contributed by atoms with Crippen molar-refractivity contribution in [3.63, 3.8) is 0 Å². The number of hydrogen-bond acceptors (Lipinski definition) is 4. The summed E-state index contributed by atoms with van der Waals surface area (Å²) in [6.07, 6.45) is -0.298. The zero-order valence-corrected chi connectivity index (χ0v) is 10.1. The zero-order chi connectivity index (χ0) is 13.3. The Morgan fingerprint density at radius 3 is 2.61 bits per heavy atom. The average Bonchev–Trinajstić information content (AvgIpc) is 2.25. The van der Waals surface area contributed by atoms with E-state index in [2.05, 4.69) is 0 Å². The zero-order valence-electron chi connectivity index (χ0n) is 9.24. The van der Waals surface area contributed by atoms with Crippen molar-refractivity contribution >= 4 is 18.6 Å². The van der Waals surface area contributed by atoms with Crippen molar-refractivity contribution < 1.29 is 23.9 Å². The van der Waals surface area contributed by atoms with Crippen molar-refractivity contribution in [2.45, 2.75) is 6.42 Å². The normalized spacial score (nSPS) is 11.9. The fourth-order valence-corrected chi connectivity index (χ4v) is 2.15. The minimum absolute atomic E-state index is 0.0468. The highest BCUT2D eigenvalue weighted by Crippen LogP contribution is 2.36. The first kappa shape index (κ1) is 12.8. The summed E-state index contributed by atoms with van der Waals surface area (Å²) in [6.45, 7) is 0. The molecule has 0 aliphatic heterocycles. The lowest BCUT2D eigenvalue weighted by molar-refractivity contribution is 0.372. The van der Waals surface area contributed by atoms with Crippen LogP contribution < -0.4 is 5.63 Å². The molecule has 0 aliphatic rings. The molecule has 0 amide bonds. The van der Waals surface area contributed by atoms with E-state index in [0.717, 1.165) is 0 Å². The van der Waals surface area contributed by atoms with E-state index in [9.17, 15) is 14.5 Å². The highest BCUT2D eigenvalue weighted by atomic mass is 31.2. The van der Waals surface area contributed by atoms with Crippen LogP contribution in [0.4, 0.5) is 0 Å². The summed E-state index contributed by atoms with van der Waals surface area (Å²) in [5.41, 5.74) is 0.115. The fraction of sp³-hybridized carbons (Fsp3) is 0.182. The van der Waals surface area contributed by atoms with E-state index in [1.54, 1.807) is 6.07 Å². The molecule has 0 saturated carbocycles. The van der Waals surface area contributed by atoms with Crippen molar-refractivity contribution in [1.82, 2.24) is 0 Å². The van der Waals surface area contributed by atoms with Gasteiger partial charge in [0, 0.05) is 17.5 Å². The number of phenols is 1. The van der Waals surface area contributed by atoms with Crippen LogP contribution in [0.1, 0.15) is 5.56 Å². The van der Waals surface area contributed by atoms with Crippen LogP contribution in [-0.4, -0.2) is 21.1 Å². The molecule has 0 bridgehead atoms. The monoisotopic (exact) mass is 270 g/mol. The van der Waals surface area contributed by atoms with Gasteiger partial charge in [-0.2, -0.15) is 0 Å². The number of aromatic hydroxyl groups is 1. The molecule has 0 atom stereocenters. The van der Waals surface area contributed by atoms with Crippen molar-refractivity contribution in [3.8, 4) is 5.75 Å². The lowest BCUT2D eigenvalue weighted by Crippen LogP contribution is -1.97. The topological polar surface area (TPSA) is 108 Å². The molecule has 0 aliphatic carbocycles. The van der Waals surface area contributed by atoms with Crippen LogP contribution >= 0.6 is 7.60 Å². The van der Waals surface area contributed by atoms with Crippen molar-refractivity contribution in [1.29, 1.82) is 0 Å². The minimum Gasteiger partial charge on any atom is -0.508 e. The van der Waals surface area contributed by atoms with E-state index in [1.807, 2.05) is 0 Å². The third kappa shape index (κ3) is 2.98. The van der Waals surface area contributed by atoms with E-state index in [-0.39, 0.29) is 23.9 Å². The van der Waals surface area contributed by atoms with Crippen LogP contribution in [-0.2, 0) is 11.0 Å². The molecule has 0 spiro atoms. The molecule has 0 fully saturated rings. The molecular formula is C11H11O6P. The van der Waals surface area contributed by atoms with Crippen LogP contribution in [0.25, 0.3) is 11.0 Å². The van der Waals surface area contributed by atoms with Gasteiger partial charge in [0.15, 0.2) is 0 Å². The lowest BCUT2D eigenvalue weighted by atomic mass is 10.1. The standard InChI is InChI=1S/C11H11O6P/c12-9-6-10-8(1-2-11(13)17-10)5-7(9)3-4-18(14,15)16/h1-2,5-6,12H,3-4H2,(H2,14,15,16). The Morgan fingerprint density at radius 2 is 1.94 bits per heavy atom. The number of phenolic OH excluding ortho intramolecular Hbond substituents is 1. The molecule has 1 aromatic carbocycles. The Balaban J connectivity index is 2.40. The quantitative estimate of drug-likeness (QED) is 0.571. The summed E-state index contributed by atoms with van der Waals surface area (Å²) < 4.78 is 15.7. The Kier molecular flexibility index (Phi) is 3.26. The average molecular weight is 270 g/mol. The second-order valence-corrected chi connectivity index (χ2v) is 5.69. The Hall–Kier alpha value is -1.62. The molecule has 7 heteroatoms. The molecule has 2 aromatic rings. The number of rotatable bonds is 3. The van der Waals surface area contributed by atoms with E-state index in [1.165, 1.54) is 18.2 Å². The second-order valence-electron chi connectivity index (χ2n) is 3.91. The summed E-state index contributed by atoms with van der Waals surface area (Å²) in [5.74, 6) is -0.148. The van der Waals surface area contributed by atoms with Crippen LogP contribution in [0, 0.1) is 0 Å². The van der Waals surface area contributed by atoms with Gasteiger partial charge >= 0.3 is 13.2 Å². The maximum Gasteiger partial charge on any atom is 0.336 e. The Morgan fingerprint density at radius 1 is 1.22 bits per heavy atom. The first-order chi connectivity index (χ1) is 8.35. The van der Waals surface area contributed by atoms with Gasteiger partial charge in [0.25, 0.3) is 0 Å². The molecule has 0 radical (unpaired) electrons. The smallest absolute Gasteiger partial charge is 0.336 e. The largest absolute Gasteiger partial charge is 0.508 e. The van der Waals surface area contributed by atoms with Gasteiger partial charge in [0.05, 0.1) is 6.16 Å². The molecule has 1 heterocycles. The van der Waals surface area contributed by atoms with Gasteiger partial charge in [0.1, 0.15) is 11.3 Å². The van der Waals surface area contributed by atoms with E-state index < -0.39 is 13.2 Å². The summed E-state index contributed by atoms with van der Waals surface area (Å²) in [4.78, 5) is 28.6. The maximum absolute atomic E-state index is 11.0. The van der Waals surface area contributed by atoms with Crippen LogP contribution in [0.5, 0.6) is 5.75 Å². The molecule has 96 valence electrons. The summed E-state index contributed by atoms with van der Waals surface area (Å²) in [5, 5.41) is 10.3. The SMILES string of the molecule is O=c1ccc2cc(CCP(=O)(O)O)c(O)cc2o1. The van der Waals surface area contributed by atoms with Gasteiger partial charge in [-0.25, -0.2) is 4.79 Å². The van der Waals surface area contributed by atoms with Crippen molar-refractivity contribution in [3.05, 3.63) is 40.2 Å². The van der Waals surface area contributed by atoms with Gasteiger partial charge < -0.3 is 19.3 Å². The van der Waals surface area contributed by atoms with Gasteiger partial charge in [-0.3, -0.25) is 4.57 Å². The van der Waals surface area contributed by atoms with Crippen molar-refractivity contribution in [2.24, 2.45) is 0 Å². The Bertz CT molecular complexity index is 683. The molecule has 2 rings (SSSR count). The first-order valence-corrected chi connectivity index (χ1v) is 6.95. The molecule has 0 unspecified atom stereocenters. The number of benzene rings is 1. The molecule has 3 N–H and O–H groups in total. The first-order valence-electron chi connectivity index (χ1n) is 5.15. The van der Waals surface area contributed by atoms with Gasteiger partial charge in [-0.05, 0) is 24.1 Å². The highest BCUT2D eigenvalue weighted by molar-refractivity contribution is 7.51. The van der Waals surface area contributed by atoms with E-state index >= 15 is 0 Å². The molecule has 1 aromatic heterocycles. The fourth-order valence-electron chi connectivity index (χ4n) is 1.62. The number of hydrogen-bond donors (Lipinski definition) is 3. The summed E-state index contributed by atoms with van der Waals surface area (Å²) in [6, 6.07) is 5.59. The predicted molar refractivity (Wildman–Crippen MR) is 64.8 cm³/mol. The predicted octanol–water partition coefficient (Wildman–Crippen LogP) is 1.22. The van der Waals surface area contributed by atoms with Crippen molar-refractivity contribution in [2.75, 3.05) is 6.16 Å². The highest BCUT2D eigenvalue weighted by Gasteiger charge is 2.15. The molecule has 18 heavy (non-hydrogen) atoms. The van der Waals surface area contributed by atoms with Gasteiger partial charge in [0.2, 0.25) is 0 Å².